The number of aryl methyl sites for hydroxylation is 3. The van der Waals surface area contributed by atoms with E-state index in [4.69, 9.17) is 5.73 Å². The smallest absolute Gasteiger partial charge is 0.0865 e. The average Bonchev–Trinajstić information content (AvgIpc) is 2.83. The van der Waals surface area contributed by atoms with Crippen LogP contribution in [0.4, 0.5) is 5.00 Å². The van der Waals surface area contributed by atoms with E-state index in [9.17, 15) is 0 Å². The van der Waals surface area contributed by atoms with Crippen molar-refractivity contribution in [3.63, 3.8) is 0 Å². The van der Waals surface area contributed by atoms with E-state index in [-0.39, 0.29) is 0 Å². The van der Waals surface area contributed by atoms with E-state index in [1.54, 1.807) is 11.3 Å². The summed E-state index contributed by atoms with van der Waals surface area (Å²) in [5.74, 6) is 0. The zero-order valence-electron chi connectivity index (χ0n) is 9.42. The van der Waals surface area contributed by atoms with Gasteiger partial charge in [0.25, 0.3) is 0 Å². The molecule has 1 aromatic heterocycles. The molecule has 0 bridgehead atoms. The predicted molar refractivity (Wildman–Crippen MR) is 70.9 cm³/mol. The van der Waals surface area contributed by atoms with Crippen LogP contribution in [-0.2, 0) is 12.8 Å². The van der Waals surface area contributed by atoms with Gasteiger partial charge in [0.2, 0.25) is 0 Å². The molecule has 16 heavy (non-hydrogen) atoms. The Morgan fingerprint density at radius 1 is 1.12 bits per heavy atom. The van der Waals surface area contributed by atoms with Crippen molar-refractivity contribution in [1.29, 1.82) is 0 Å². The van der Waals surface area contributed by atoms with Crippen molar-refractivity contribution in [2.75, 3.05) is 5.73 Å². The molecule has 0 amide bonds. The molecule has 1 aliphatic rings. The van der Waals surface area contributed by atoms with Crippen LogP contribution < -0.4 is 5.73 Å². The SMILES string of the molecule is Cc1sc(N)cc1-c1ccc2c(c1)CCC2. The molecule has 2 aromatic rings. The number of hydrogen-bond acceptors (Lipinski definition) is 2. The third kappa shape index (κ3) is 1.54. The maximum absolute atomic E-state index is 5.85. The number of fused-ring (bicyclic) bond motifs is 1. The molecule has 0 fully saturated rings. The van der Waals surface area contributed by atoms with Gasteiger partial charge >= 0.3 is 0 Å². The molecule has 1 nitrogen and oxygen atoms in total. The van der Waals surface area contributed by atoms with Gasteiger partial charge in [0.15, 0.2) is 0 Å². The van der Waals surface area contributed by atoms with Crippen molar-refractivity contribution < 1.29 is 0 Å². The lowest BCUT2D eigenvalue weighted by molar-refractivity contribution is 0.912. The summed E-state index contributed by atoms with van der Waals surface area (Å²) < 4.78 is 0. The van der Waals surface area contributed by atoms with Crippen LogP contribution in [0.15, 0.2) is 24.3 Å². The highest BCUT2D eigenvalue weighted by atomic mass is 32.1. The summed E-state index contributed by atoms with van der Waals surface area (Å²) in [6.45, 7) is 2.14. The fourth-order valence-electron chi connectivity index (χ4n) is 2.53. The Bertz CT molecular complexity index is 540. The molecule has 0 aliphatic heterocycles. The first kappa shape index (κ1) is 9.91. The highest BCUT2D eigenvalue weighted by molar-refractivity contribution is 7.16. The molecule has 0 saturated heterocycles. The van der Waals surface area contributed by atoms with Crippen LogP contribution in [0.25, 0.3) is 11.1 Å². The minimum atomic E-state index is 0.910. The Morgan fingerprint density at radius 2 is 1.94 bits per heavy atom. The molecule has 82 valence electrons. The van der Waals surface area contributed by atoms with Crippen LogP contribution in [0.3, 0.4) is 0 Å². The van der Waals surface area contributed by atoms with E-state index < -0.39 is 0 Å². The third-order valence-electron chi connectivity index (χ3n) is 3.35. The second-order valence-electron chi connectivity index (χ2n) is 4.46. The lowest BCUT2D eigenvalue weighted by Gasteiger charge is -2.04. The minimum Gasteiger partial charge on any atom is -0.391 e. The van der Waals surface area contributed by atoms with Gasteiger partial charge in [-0.05, 0) is 54.5 Å². The Labute approximate surface area is 99.9 Å². The van der Waals surface area contributed by atoms with Crippen molar-refractivity contribution in [2.24, 2.45) is 0 Å². The number of hydrogen-bond donors (Lipinski definition) is 1. The fraction of sp³-hybridized carbons (Fsp3) is 0.286. The van der Waals surface area contributed by atoms with Crippen LogP contribution in [-0.4, -0.2) is 0 Å². The van der Waals surface area contributed by atoms with Gasteiger partial charge in [-0.1, -0.05) is 18.2 Å². The minimum absolute atomic E-state index is 0.910. The van der Waals surface area contributed by atoms with Crippen molar-refractivity contribution in [3.8, 4) is 11.1 Å². The first-order valence-corrected chi connectivity index (χ1v) is 6.54. The number of thiophene rings is 1. The second kappa shape index (κ2) is 3.63. The molecule has 0 spiro atoms. The van der Waals surface area contributed by atoms with E-state index in [2.05, 4.69) is 31.2 Å². The normalized spacial score (nSPS) is 14.1. The van der Waals surface area contributed by atoms with Crippen molar-refractivity contribution in [1.82, 2.24) is 0 Å². The molecule has 1 aromatic carbocycles. The summed E-state index contributed by atoms with van der Waals surface area (Å²) in [7, 11) is 0. The summed E-state index contributed by atoms with van der Waals surface area (Å²) in [5, 5.41) is 0.910. The van der Waals surface area contributed by atoms with Gasteiger partial charge < -0.3 is 5.73 Å². The molecule has 2 heteroatoms. The molecular weight excluding hydrogens is 214 g/mol. The van der Waals surface area contributed by atoms with Gasteiger partial charge in [-0.15, -0.1) is 11.3 Å². The van der Waals surface area contributed by atoms with Gasteiger partial charge in [-0.25, -0.2) is 0 Å². The number of nitrogens with two attached hydrogens (primary N) is 1. The van der Waals surface area contributed by atoms with E-state index in [1.165, 1.54) is 46.4 Å². The van der Waals surface area contributed by atoms with E-state index >= 15 is 0 Å². The molecule has 1 aliphatic carbocycles. The summed E-state index contributed by atoms with van der Waals surface area (Å²) in [5.41, 5.74) is 11.5. The standard InChI is InChI=1S/C14H15NS/c1-9-13(8-14(15)16-9)12-6-5-10-3-2-4-11(10)7-12/h5-8H,2-4,15H2,1H3. The van der Waals surface area contributed by atoms with Gasteiger partial charge in [0, 0.05) is 4.88 Å². The van der Waals surface area contributed by atoms with Crippen LogP contribution in [0.1, 0.15) is 22.4 Å². The Balaban J connectivity index is 2.10. The predicted octanol–water partition coefficient (Wildman–Crippen LogP) is 3.79. The molecular formula is C14H15NS. The second-order valence-corrected chi connectivity index (χ2v) is 5.74. The molecule has 3 rings (SSSR count). The zero-order chi connectivity index (χ0) is 11.1. The zero-order valence-corrected chi connectivity index (χ0v) is 10.2. The molecule has 0 atom stereocenters. The lowest BCUT2D eigenvalue weighted by Crippen LogP contribution is -1.84. The molecule has 1 heterocycles. The fourth-order valence-corrected chi connectivity index (χ4v) is 3.35. The largest absolute Gasteiger partial charge is 0.391 e. The van der Waals surface area contributed by atoms with Crippen molar-refractivity contribution in [2.45, 2.75) is 26.2 Å². The summed E-state index contributed by atoms with van der Waals surface area (Å²) in [4.78, 5) is 1.32. The topological polar surface area (TPSA) is 26.0 Å². The van der Waals surface area contributed by atoms with Gasteiger partial charge in [-0.2, -0.15) is 0 Å². The first-order chi connectivity index (χ1) is 7.74. The van der Waals surface area contributed by atoms with Crippen molar-refractivity contribution in [3.05, 3.63) is 40.3 Å². The average molecular weight is 229 g/mol. The molecule has 2 N–H and O–H groups in total. The molecule has 0 radical (unpaired) electrons. The first-order valence-electron chi connectivity index (χ1n) is 5.72. The number of rotatable bonds is 1. The molecule has 0 unspecified atom stereocenters. The van der Waals surface area contributed by atoms with Gasteiger partial charge in [0.1, 0.15) is 0 Å². The summed E-state index contributed by atoms with van der Waals surface area (Å²) >= 11 is 1.68. The summed E-state index contributed by atoms with van der Waals surface area (Å²) in [6, 6.07) is 8.96. The highest BCUT2D eigenvalue weighted by Crippen LogP contribution is 2.34. The quantitative estimate of drug-likeness (QED) is 0.791. The van der Waals surface area contributed by atoms with Gasteiger partial charge in [-0.3, -0.25) is 0 Å². The highest BCUT2D eigenvalue weighted by Gasteiger charge is 2.13. The van der Waals surface area contributed by atoms with E-state index in [0.717, 1.165) is 5.00 Å². The van der Waals surface area contributed by atoms with Crippen LogP contribution in [0.5, 0.6) is 0 Å². The Morgan fingerprint density at radius 3 is 2.69 bits per heavy atom. The summed E-state index contributed by atoms with van der Waals surface area (Å²) in [6.07, 6.45) is 3.80. The third-order valence-corrected chi connectivity index (χ3v) is 4.23. The van der Waals surface area contributed by atoms with Crippen LogP contribution in [0, 0.1) is 6.92 Å². The van der Waals surface area contributed by atoms with E-state index in [1.807, 2.05) is 0 Å². The van der Waals surface area contributed by atoms with Crippen LogP contribution >= 0.6 is 11.3 Å². The van der Waals surface area contributed by atoms with E-state index in [0.29, 0.717) is 0 Å². The number of benzene rings is 1. The van der Waals surface area contributed by atoms with Gasteiger partial charge in [0.05, 0.1) is 5.00 Å². The Kier molecular flexibility index (Phi) is 2.25. The van der Waals surface area contributed by atoms with Crippen LogP contribution in [0.2, 0.25) is 0 Å². The number of anilines is 1. The lowest BCUT2D eigenvalue weighted by atomic mass is 10.0. The van der Waals surface area contributed by atoms with Crippen molar-refractivity contribution >= 4 is 16.3 Å². The Hall–Kier alpha value is -1.28. The number of nitrogen functional groups attached to an aromatic ring is 1. The monoisotopic (exact) mass is 229 g/mol. The maximum Gasteiger partial charge on any atom is 0.0865 e. The maximum atomic E-state index is 5.85. The molecule has 0 saturated carbocycles.